The molecule has 0 aliphatic carbocycles. The van der Waals surface area contributed by atoms with Gasteiger partial charge in [-0.15, -0.1) is 6.40 Å². The summed E-state index contributed by atoms with van der Waals surface area (Å²) in [6, 6.07) is 0. The van der Waals surface area contributed by atoms with E-state index in [1.165, 1.54) is 13.8 Å². The first-order valence-electron chi connectivity index (χ1n) is 2.22. The molecule has 0 rings (SSSR count). The lowest BCUT2D eigenvalue weighted by atomic mass is 10.2. The summed E-state index contributed by atoms with van der Waals surface area (Å²) in [6.45, 7) is 3.07. The molecular weight excluding hydrogens is 76.1 g/mol. The van der Waals surface area contributed by atoms with Gasteiger partial charge in [0.1, 0.15) is 6.97 Å². The number of rotatable bonds is 0. The topological polar surface area (TPSA) is 20.2 Å². The Hall–Kier alpha value is -0.480. The number of terminal acetylenes is 1. The fraction of sp³-hybridized carbons (Fsp3) is 0.600. The SMILES string of the molecule is [2H]C#CC(C)(C)O. The van der Waals surface area contributed by atoms with Gasteiger partial charge >= 0.3 is 0 Å². The van der Waals surface area contributed by atoms with Crippen LogP contribution in [0.5, 0.6) is 0 Å². The van der Waals surface area contributed by atoms with Crippen LogP contribution < -0.4 is 0 Å². The highest BCUT2D eigenvalue weighted by Crippen LogP contribution is 1.93. The third-order valence-corrected chi connectivity index (χ3v) is 0.306. The van der Waals surface area contributed by atoms with Gasteiger partial charge in [-0.1, -0.05) is 5.92 Å². The van der Waals surface area contributed by atoms with E-state index < -0.39 is 5.60 Å². The van der Waals surface area contributed by atoms with Crippen molar-refractivity contribution in [3.05, 3.63) is 0 Å². The fourth-order valence-electron chi connectivity index (χ4n) is 0. The van der Waals surface area contributed by atoms with E-state index in [0.717, 1.165) is 0 Å². The lowest BCUT2D eigenvalue weighted by Crippen LogP contribution is -2.13. The van der Waals surface area contributed by atoms with Gasteiger partial charge in [-0.05, 0) is 13.8 Å². The van der Waals surface area contributed by atoms with Crippen molar-refractivity contribution in [1.29, 1.82) is 0 Å². The smallest absolute Gasteiger partial charge is 0.124 e. The van der Waals surface area contributed by atoms with Crippen LogP contribution in [0.1, 0.15) is 15.2 Å². The predicted octanol–water partition coefficient (Wildman–Crippen LogP) is 0.391. The summed E-state index contributed by atoms with van der Waals surface area (Å²) >= 11 is 0. The lowest BCUT2D eigenvalue weighted by Gasteiger charge is -2.04. The molecule has 0 aromatic heterocycles. The highest BCUT2D eigenvalue weighted by Gasteiger charge is 2.03. The Morgan fingerprint density at radius 3 is 2.50 bits per heavy atom. The van der Waals surface area contributed by atoms with Gasteiger partial charge in [-0.25, -0.2) is 0 Å². The molecule has 0 spiro atoms. The Labute approximate surface area is 39.4 Å². The summed E-state index contributed by atoms with van der Waals surface area (Å²) < 4.78 is 6.34. The number of hydrogen-bond acceptors (Lipinski definition) is 1. The van der Waals surface area contributed by atoms with Crippen LogP contribution in [-0.2, 0) is 0 Å². The van der Waals surface area contributed by atoms with Gasteiger partial charge in [-0.3, -0.25) is 0 Å². The molecule has 0 heterocycles. The van der Waals surface area contributed by atoms with Crippen LogP contribution in [0.15, 0.2) is 0 Å². The molecule has 0 fully saturated rings. The van der Waals surface area contributed by atoms with E-state index in [1.807, 2.05) is 6.40 Å². The summed E-state index contributed by atoms with van der Waals surface area (Å²) in [6.07, 6.45) is 1.86. The zero-order valence-electron chi connectivity index (χ0n) is 4.95. The fourth-order valence-corrected chi connectivity index (χ4v) is 0. The first-order chi connectivity index (χ1) is 3.06. The summed E-state index contributed by atoms with van der Waals surface area (Å²) in [5.41, 5.74) is -0.998. The summed E-state index contributed by atoms with van der Waals surface area (Å²) in [5, 5.41) is 8.72. The largest absolute Gasteiger partial charge is 0.378 e. The van der Waals surface area contributed by atoms with Crippen LogP contribution in [0.4, 0.5) is 0 Å². The molecule has 0 radical (unpaired) electrons. The summed E-state index contributed by atoms with van der Waals surface area (Å²) in [4.78, 5) is 0. The molecule has 0 aliphatic rings. The average molecular weight is 85.1 g/mol. The maximum absolute atomic E-state index is 8.72. The molecule has 6 heavy (non-hydrogen) atoms. The van der Waals surface area contributed by atoms with Crippen molar-refractivity contribution >= 4 is 0 Å². The Bertz CT molecular complexity index is 101. The van der Waals surface area contributed by atoms with Gasteiger partial charge < -0.3 is 5.11 Å². The van der Waals surface area contributed by atoms with Crippen LogP contribution in [0.2, 0.25) is 0 Å². The monoisotopic (exact) mass is 85.1 g/mol. The normalized spacial score (nSPS) is 11.5. The van der Waals surface area contributed by atoms with Crippen LogP contribution in [-0.4, -0.2) is 10.7 Å². The van der Waals surface area contributed by atoms with E-state index >= 15 is 0 Å². The van der Waals surface area contributed by atoms with Crippen LogP contribution in [0.3, 0.4) is 0 Å². The molecule has 0 saturated carbocycles. The van der Waals surface area contributed by atoms with Crippen LogP contribution in [0.25, 0.3) is 0 Å². The van der Waals surface area contributed by atoms with Crippen molar-refractivity contribution in [3.8, 4) is 12.3 Å². The van der Waals surface area contributed by atoms with E-state index in [-0.39, 0.29) is 0 Å². The number of aliphatic hydroxyl groups is 1. The zero-order valence-corrected chi connectivity index (χ0v) is 3.95. The second-order valence-corrected chi connectivity index (χ2v) is 1.68. The number of hydrogen-bond donors (Lipinski definition) is 1. The van der Waals surface area contributed by atoms with Crippen LogP contribution in [0, 0.1) is 12.3 Å². The molecule has 0 saturated heterocycles. The lowest BCUT2D eigenvalue weighted by molar-refractivity contribution is 0.144. The minimum Gasteiger partial charge on any atom is -0.378 e. The molecule has 1 heteroatoms. The minimum atomic E-state index is -0.998. The van der Waals surface area contributed by atoms with E-state index in [4.69, 9.17) is 6.48 Å². The van der Waals surface area contributed by atoms with Crippen molar-refractivity contribution in [2.45, 2.75) is 19.4 Å². The molecule has 0 unspecified atom stereocenters. The van der Waals surface area contributed by atoms with Crippen molar-refractivity contribution in [2.24, 2.45) is 0 Å². The van der Waals surface area contributed by atoms with Gasteiger partial charge in [0, 0.05) is 0 Å². The molecule has 1 N–H and O–H groups in total. The van der Waals surface area contributed by atoms with Gasteiger partial charge in [0.05, 0.1) is 0 Å². The molecular formula is C5H8O. The van der Waals surface area contributed by atoms with Gasteiger partial charge in [-0.2, -0.15) is 0 Å². The standard InChI is InChI=1S/C5H8O/c1-4-5(2,3)6/h1,6H,2-3H3/i1D. The molecule has 0 amide bonds. The Kier molecular flexibility index (Phi) is 0.813. The Balaban J connectivity index is 3.72. The van der Waals surface area contributed by atoms with Crippen LogP contribution >= 0.6 is 0 Å². The zero-order chi connectivity index (χ0) is 5.91. The first-order valence-corrected chi connectivity index (χ1v) is 1.72. The second kappa shape index (κ2) is 1.32. The van der Waals surface area contributed by atoms with Crippen molar-refractivity contribution in [2.75, 3.05) is 0 Å². The van der Waals surface area contributed by atoms with Crippen molar-refractivity contribution in [3.63, 3.8) is 0 Å². The molecule has 0 bridgehead atoms. The third-order valence-electron chi connectivity index (χ3n) is 0.306. The van der Waals surface area contributed by atoms with Gasteiger partial charge in [0.15, 0.2) is 0 Å². The van der Waals surface area contributed by atoms with Crippen molar-refractivity contribution < 1.29 is 6.48 Å². The maximum atomic E-state index is 8.72. The minimum absolute atomic E-state index is 0.998. The Morgan fingerprint density at radius 1 is 2.00 bits per heavy atom. The average Bonchev–Trinajstić information content (AvgIpc) is 1.30. The van der Waals surface area contributed by atoms with E-state index in [2.05, 4.69) is 5.92 Å². The second-order valence-electron chi connectivity index (χ2n) is 1.68. The van der Waals surface area contributed by atoms with E-state index in [0.29, 0.717) is 0 Å². The van der Waals surface area contributed by atoms with E-state index in [9.17, 15) is 0 Å². The molecule has 34 valence electrons. The molecule has 0 aromatic rings. The van der Waals surface area contributed by atoms with Gasteiger partial charge in [0.2, 0.25) is 0 Å². The van der Waals surface area contributed by atoms with Gasteiger partial charge in [0.25, 0.3) is 0 Å². The molecule has 0 aliphatic heterocycles. The molecule has 0 atom stereocenters. The molecule has 1 nitrogen and oxygen atoms in total. The first kappa shape index (κ1) is 3.70. The highest BCUT2D eigenvalue weighted by atomic mass is 16.3. The quantitative estimate of drug-likeness (QED) is 0.422. The maximum Gasteiger partial charge on any atom is 0.124 e. The third kappa shape index (κ3) is 3.52. The highest BCUT2D eigenvalue weighted by molar-refractivity contribution is 5.00. The van der Waals surface area contributed by atoms with E-state index in [1.54, 1.807) is 0 Å². The Morgan fingerprint density at radius 2 is 2.50 bits per heavy atom. The summed E-state index contributed by atoms with van der Waals surface area (Å²) in [7, 11) is 0. The predicted molar refractivity (Wildman–Crippen MR) is 25.1 cm³/mol. The molecule has 0 aromatic carbocycles. The summed E-state index contributed by atoms with van der Waals surface area (Å²) in [5.74, 6) is 2.26. The van der Waals surface area contributed by atoms with Crippen molar-refractivity contribution in [1.82, 2.24) is 0 Å².